The standard InChI is InChI=1S/C11H9BrClF2NO/c12-5-11(1-2-11)16-10(17)6-3-9(15)7(13)4-8(6)14/h3-4H,1-2,5H2,(H,16,17). The number of carbonyl (C=O) groups is 1. The first kappa shape index (κ1) is 12.8. The van der Waals surface area contributed by atoms with Crippen LogP contribution in [-0.2, 0) is 0 Å². The van der Waals surface area contributed by atoms with Crippen molar-refractivity contribution >= 4 is 33.4 Å². The Morgan fingerprint density at radius 2 is 2.06 bits per heavy atom. The molecule has 0 radical (unpaired) electrons. The lowest BCUT2D eigenvalue weighted by Crippen LogP contribution is -2.38. The molecule has 1 amide bonds. The first-order valence-corrected chi connectivity index (χ1v) is 6.50. The van der Waals surface area contributed by atoms with Crippen LogP contribution >= 0.6 is 27.5 Å². The maximum Gasteiger partial charge on any atom is 0.254 e. The summed E-state index contributed by atoms with van der Waals surface area (Å²) in [6, 6.07) is 1.62. The summed E-state index contributed by atoms with van der Waals surface area (Å²) in [5, 5.41) is 2.95. The average molecular weight is 325 g/mol. The summed E-state index contributed by atoms with van der Waals surface area (Å²) in [4.78, 5) is 11.8. The molecule has 1 N–H and O–H groups in total. The van der Waals surface area contributed by atoms with E-state index in [4.69, 9.17) is 11.6 Å². The van der Waals surface area contributed by atoms with Gasteiger partial charge in [0.05, 0.1) is 16.1 Å². The van der Waals surface area contributed by atoms with Crippen molar-refractivity contribution in [2.24, 2.45) is 0 Å². The Bertz CT molecular complexity index is 477. The number of halogens is 4. The van der Waals surface area contributed by atoms with Crippen molar-refractivity contribution in [1.29, 1.82) is 0 Å². The monoisotopic (exact) mass is 323 g/mol. The maximum atomic E-state index is 13.5. The molecular weight excluding hydrogens is 315 g/mol. The Morgan fingerprint density at radius 3 is 2.59 bits per heavy atom. The highest BCUT2D eigenvalue weighted by molar-refractivity contribution is 9.09. The molecule has 1 fully saturated rings. The predicted octanol–water partition coefficient (Wildman–Crippen LogP) is 3.28. The van der Waals surface area contributed by atoms with Gasteiger partial charge in [-0.15, -0.1) is 0 Å². The van der Waals surface area contributed by atoms with Gasteiger partial charge in [-0.25, -0.2) is 8.78 Å². The molecule has 92 valence electrons. The fourth-order valence-electron chi connectivity index (χ4n) is 1.45. The minimum atomic E-state index is -0.820. The molecule has 1 aliphatic rings. The molecule has 0 saturated heterocycles. The Morgan fingerprint density at radius 1 is 1.41 bits per heavy atom. The van der Waals surface area contributed by atoms with E-state index in [2.05, 4.69) is 21.2 Å². The van der Waals surface area contributed by atoms with E-state index >= 15 is 0 Å². The first-order valence-electron chi connectivity index (χ1n) is 5.00. The molecule has 1 saturated carbocycles. The van der Waals surface area contributed by atoms with E-state index in [-0.39, 0.29) is 16.1 Å². The highest BCUT2D eigenvalue weighted by Gasteiger charge is 2.43. The lowest BCUT2D eigenvalue weighted by Gasteiger charge is -2.14. The molecule has 17 heavy (non-hydrogen) atoms. The van der Waals surface area contributed by atoms with Crippen LogP contribution in [0.25, 0.3) is 0 Å². The van der Waals surface area contributed by atoms with E-state index in [1.54, 1.807) is 0 Å². The van der Waals surface area contributed by atoms with Gasteiger partial charge in [-0.1, -0.05) is 27.5 Å². The van der Waals surface area contributed by atoms with Crippen LogP contribution in [0.3, 0.4) is 0 Å². The Hall–Kier alpha value is -0.680. The molecule has 0 bridgehead atoms. The number of benzene rings is 1. The number of hydrogen-bond acceptors (Lipinski definition) is 1. The maximum absolute atomic E-state index is 13.5. The second kappa shape index (κ2) is 4.53. The van der Waals surface area contributed by atoms with Crippen molar-refractivity contribution in [2.45, 2.75) is 18.4 Å². The second-order valence-electron chi connectivity index (χ2n) is 4.11. The summed E-state index contributed by atoms with van der Waals surface area (Å²) in [6.45, 7) is 0. The van der Waals surface area contributed by atoms with E-state index in [1.165, 1.54) is 0 Å². The van der Waals surface area contributed by atoms with Gasteiger partial charge in [-0.2, -0.15) is 0 Å². The van der Waals surface area contributed by atoms with Crippen LogP contribution in [0.15, 0.2) is 12.1 Å². The zero-order chi connectivity index (χ0) is 12.6. The summed E-state index contributed by atoms with van der Waals surface area (Å²) in [5.74, 6) is -2.24. The second-order valence-corrected chi connectivity index (χ2v) is 5.08. The third-order valence-electron chi connectivity index (χ3n) is 2.74. The molecule has 0 heterocycles. The lowest BCUT2D eigenvalue weighted by atomic mass is 10.1. The zero-order valence-electron chi connectivity index (χ0n) is 8.70. The molecule has 2 nitrogen and oxygen atoms in total. The number of rotatable bonds is 3. The normalized spacial score (nSPS) is 16.7. The lowest BCUT2D eigenvalue weighted by molar-refractivity contribution is 0.0932. The highest BCUT2D eigenvalue weighted by Crippen LogP contribution is 2.37. The van der Waals surface area contributed by atoms with Crippen LogP contribution in [0, 0.1) is 11.6 Å². The van der Waals surface area contributed by atoms with Gasteiger partial charge in [0.15, 0.2) is 0 Å². The van der Waals surface area contributed by atoms with Gasteiger partial charge < -0.3 is 5.32 Å². The van der Waals surface area contributed by atoms with Crippen molar-refractivity contribution < 1.29 is 13.6 Å². The first-order chi connectivity index (χ1) is 7.97. The van der Waals surface area contributed by atoms with Crippen LogP contribution in [0.5, 0.6) is 0 Å². The molecule has 6 heteroatoms. The van der Waals surface area contributed by atoms with E-state index < -0.39 is 17.5 Å². The summed E-state index contributed by atoms with van der Waals surface area (Å²) in [5.41, 5.74) is -0.626. The Kier molecular flexibility index (Phi) is 3.41. The average Bonchev–Trinajstić information content (AvgIpc) is 3.04. The zero-order valence-corrected chi connectivity index (χ0v) is 11.0. The van der Waals surface area contributed by atoms with Crippen LogP contribution in [0.4, 0.5) is 8.78 Å². The fourth-order valence-corrected chi connectivity index (χ4v) is 2.30. The molecule has 0 spiro atoms. The number of amides is 1. The Balaban J connectivity index is 2.22. The topological polar surface area (TPSA) is 29.1 Å². The third kappa shape index (κ3) is 2.60. The SMILES string of the molecule is O=C(NC1(CBr)CC1)c1cc(F)c(Cl)cc1F. The van der Waals surface area contributed by atoms with Gasteiger partial charge in [0, 0.05) is 5.33 Å². The molecule has 1 aromatic carbocycles. The molecule has 0 aromatic heterocycles. The van der Waals surface area contributed by atoms with Gasteiger partial charge in [-0.3, -0.25) is 4.79 Å². The molecule has 1 aromatic rings. The quantitative estimate of drug-likeness (QED) is 0.671. The molecular formula is C11H9BrClF2NO. The summed E-state index contributed by atoms with van der Waals surface area (Å²) >= 11 is 8.68. The summed E-state index contributed by atoms with van der Waals surface area (Å²) in [7, 11) is 0. The van der Waals surface area contributed by atoms with Gasteiger partial charge in [0.1, 0.15) is 11.6 Å². The van der Waals surface area contributed by atoms with Crippen molar-refractivity contribution in [3.05, 3.63) is 34.4 Å². The van der Waals surface area contributed by atoms with Crippen LogP contribution < -0.4 is 5.32 Å². The number of alkyl halides is 1. The minimum absolute atomic E-state index is 0.306. The summed E-state index contributed by atoms with van der Waals surface area (Å²) < 4.78 is 26.6. The van der Waals surface area contributed by atoms with Crippen LogP contribution in [0.1, 0.15) is 23.2 Å². The van der Waals surface area contributed by atoms with Gasteiger partial charge in [-0.05, 0) is 25.0 Å². The van der Waals surface area contributed by atoms with Crippen molar-refractivity contribution in [3.8, 4) is 0 Å². The fraction of sp³-hybridized carbons (Fsp3) is 0.364. The molecule has 0 aliphatic heterocycles. The van der Waals surface area contributed by atoms with Crippen molar-refractivity contribution in [1.82, 2.24) is 5.32 Å². The summed E-state index contributed by atoms with van der Waals surface area (Å²) in [6.07, 6.45) is 1.67. The molecule has 1 aliphatic carbocycles. The molecule has 0 atom stereocenters. The van der Waals surface area contributed by atoms with E-state index in [0.717, 1.165) is 25.0 Å². The van der Waals surface area contributed by atoms with Crippen molar-refractivity contribution in [2.75, 3.05) is 5.33 Å². The number of hydrogen-bond donors (Lipinski definition) is 1. The van der Waals surface area contributed by atoms with E-state index in [9.17, 15) is 13.6 Å². The van der Waals surface area contributed by atoms with Crippen LogP contribution in [0.2, 0.25) is 5.02 Å². The highest BCUT2D eigenvalue weighted by atomic mass is 79.9. The van der Waals surface area contributed by atoms with Crippen molar-refractivity contribution in [3.63, 3.8) is 0 Å². The van der Waals surface area contributed by atoms with E-state index in [0.29, 0.717) is 5.33 Å². The molecule has 2 rings (SSSR count). The van der Waals surface area contributed by atoms with E-state index in [1.807, 2.05) is 0 Å². The number of carbonyl (C=O) groups excluding carboxylic acids is 1. The minimum Gasteiger partial charge on any atom is -0.346 e. The van der Waals surface area contributed by atoms with Gasteiger partial charge in [0.2, 0.25) is 0 Å². The number of nitrogens with one attached hydrogen (secondary N) is 1. The smallest absolute Gasteiger partial charge is 0.254 e. The Labute approximate surface area is 110 Å². The van der Waals surface area contributed by atoms with Gasteiger partial charge in [0.25, 0.3) is 5.91 Å². The van der Waals surface area contributed by atoms with Gasteiger partial charge >= 0.3 is 0 Å². The largest absolute Gasteiger partial charge is 0.346 e. The molecule has 0 unspecified atom stereocenters. The third-order valence-corrected chi connectivity index (χ3v) is 4.11. The predicted molar refractivity (Wildman–Crippen MR) is 64.6 cm³/mol. The van der Waals surface area contributed by atoms with Crippen LogP contribution in [-0.4, -0.2) is 16.8 Å².